The summed E-state index contributed by atoms with van der Waals surface area (Å²) in [5, 5.41) is 3.70. The van der Waals surface area contributed by atoms with Crippen LogP contribution >= 0.6 is 11.6 Å². The molecule has 0 aliphatic carbocycles. The van der Waals surface area contributed by atoms with Gasteiger partial charge in [-0.2, -0.15) is 0 Å². The van der Waals surface area contributed by atoms with Gasteiger partial charge in [0, 0.05) is 28.7 Å². The van der Waals surface area contributed by atoms with Gasteiger partial charge in [-0.3, -0.25) is 0 Å². The zero-order valence-corrected chi connectivity index (χ0v) is 12.2. The van der Waals surface area contributed by atoms with Crippen molar-refractivity contribution < 1.29 is 9.13 Å². The molecule has 0 bridgehead atoms. The number of methoxy groups -OCH3 is 1. The lowest BCUT2D eigenvalue weighted by Crippen LogP contribution is -2.19. The third-order valence-electron chi connectivity index (χ3n) is 3.25. The second kappa shape index (κ2) is 6.73. The van der Waals surface area contributed by atoms with Crippen LogP contribution in [0.1, 0.15) is 24.1 Å². The Hall–Kier alpha value is -1.58. The number of hydrogen-bond donors (Lipinski definition) is 1. The lowest BCUT2D eigenvalue weighted by molar-refractivity contribution is 0.401. The Kier molecular flexibility index (Phi) is 4.99. The lowest BCUT2D eigenvalue weighted by atomic mass is 10.1. The van der Waals surface area contributed by atoms with Crippen LogP contribution in [0.5, 0.6) is 5.75 Å². The van der Waals surface area contributed by atoms with E-state index in [1.165, 1.54) is 6.07 Å². The van der Waals surface area contributed by atoms with E-state index in [1.807, 2.05) is 31.2 Å². The van der Waals surface area contributed by atoms with Gasteiger partial charge in [0.05, 0.1) is 7.11 Å². The maximum Gasteiger partial charge on any atom is 0.129 e. The summed E-state index contributed by atoms with van der Waals surface area (Å²) in [4.78, 5) is 0. The van der Waals surface area contributed by atoms with Gasteiger partial charge in [-0.1, -0.05) is 35.9 Å². The molecule has 1 N–H and O–H groups in total. The molecular weight excluding hydrogens is 277 g/mol. The van der Waals surface area contributed by atoms with Crippen LogP contribution < -0.4 is 10.1 Å². The fourth-order valence-corrected chi connectivity index (χ4v) is 2.32. The fraction of sp³-hybridized carbons (Fsp3) is 0.250. The van der Waals surface area contributed by atoms with Gasteiger partial charge in [0.15, 0.2) is 0 Å². The molecule has 2 nitrogen and oxygen atoms in total. The van der Waals surface area contributed by atoms with Crippen LogP contribution in [0.25, 0.3) is 0 Å². The van der Waals surface area contributed by atoms with E-state index in [0.29, 0.717) is 17.1 Å². The number of benzene rings is 2. The van der Waals surface area contributed by atoms with Crippen LogP contribution in [-0.4, -0.2) is 7.11 Å². The van der Waals surface area contributed by atoms with Crippen molar-refractivity contribution in [3.63, 3.8) is 0 Å². The standard InChI is InChI=1S/C16H17ClFNO/c1-11(12-6-3-4-9-16(12)20-2)19-10-13-14(17)7-5-8-15(13)18/h3-9,11,19H,10H2,1-2H3. The van der Waals surface area contributed by atoms with E-state index in [9.17, 15) is 4.39 Å². The molecule has 0 fully saturated rings. The molecule has 4 heteroatoms. The molecule has 106 valence electrons. The smallest absolute Gasteiger partial charge is 0.129 e. The van der Waals surface area contributed by atoms with Gasteiger partial charge in [-0.25, -0.2) is 4.39 Å². The third-order valence-corrected chi connectivity index (χ3v) is 3.61. The Morgan fingerprint density at radius 2 is 1.95 bits per heavy atom. The summed E-state index contributed by atoms with van der Waals surface area (Å²) in [7, 11) is 1.64. The van der Waals surface area contributed by atoms with Gasteiger partial charge in [-0.15, -0.1) is 0 Å². The van der Waals surface area contributed by atoms with Crippen LogP contribution in [0.2, 0.25) is 5.02 Å². The molecule has 2 rings (SSSR count). The molecule has 20 heavy (non-hydrogen) atoms. The fourth-order valence-electron chi connectivity index (χ4n) is 2.09. The molecule has 0 heterocycles. The number of ether oxygens (including phenoxy) is 1. The van der Waals surface area contributed by atoms with Gasteiger partial charge in [0.25, 0.3) is 0 Å². The average molecular weight is 294 g/mol. The summed E-state index contributed by atoms with van der Waals surface area (Å²) in [6.07, 6.45) is 0. The van der Waals surface area contributed by atoms with Crippen molar-refractivity contribution in [1.82, 2.24) is 5.32 Å². The summed E-state index contributed by atoms with van der Waals surface area (Å²) in [5.41, 5.74) is 1.51. The number of nitrogens with one attached hydrogen (secondary N) is 1. The van der Waals surface area contributed by atoms with Crippen LogP contribution in [0.4, 0.5) is 4.39 Å². The van der Waals surface area contributed by atoms with Gasteiger partial charge in [0.2, 0.25) is 0 Å². The molecule has 1 atom stereocenters. The molecular formula is C16H17ClFNO. The second-order valence-corrected chi connectivity index (χ2v) is 4.95. The minimum absolute atomic E-state index is 0.0295. The summed E-state index contributed by atoms with van der Waals surface area (Å²) >= 11 is 6.01. The first-order chi connectivity index (χ1) is 9.63. The average Bonchev–Trinajstić information content (AvgIpc) is 2.46. The molecule has 0 amide bonds. The molecule has 2 aromatic rings. The largest absolute Gasteiger partial charge is 0.496 e. The quantitative estimate of drug-likeness (QED) is 0.885. The highest BCUT2D eigenvalue weighted by Crippen LogP contribution is 2.25. The Morgan fingerprint density at radius 1 is 1.20 bits per heavy atom. The molecule has 0 aliphatic rings. The third kappa shape index (κ3) is 3.30. The van der Waals surface area contributed by atoms with Gasteiger partial charge >= 0.3 is 0 Å². The summed E-state index contributed by atoms with van der Waals surface area (Å²) in [5.74, 6) is 0.518. The second-order valence-electron chi connectivity index (χ2n) is 4.54. The van der Waals surface area contributed by atoms with Crippen molar-refractivity contribution in [2.24, 2.45) is 0 Å². The Labute approximate surface area is 123 Å². The molecule has 1 unspecified atom stereocenters. The first-order valence-electron chi connectivity index (χ1n) is 6.42. The Morgan fingerprint density at radius 3 is 2.65 bits per heavy atom. The van der Waals surface area contributed by atoms with Crippen molar-refractivity contribution >= 4 is 11.6 Å². The monoisotopic (exact) mass is 293 g/mol. The maximum absolute atomic E-state index is 13.7. The number of halogens is 2. The Bertz CT molecular complexity index is 568. The normalized spacial score (nSPS) is 12.2. The highest BCUT2D eigenvalue weighted by molar-refractivity contribution is 6.31. The van der Waals surface area contributed by atoms with Crippen LogP contribution in [0, 0.1) is 5.82 Å². The molecule has 2 aromatic carbocycles. The van der Waals surface area contributed by atoms with E-state index in [4.69, 9.17) is 16.3 Å². The van der Waals surface area contributed by atoms with E-state index >= 15 is 0 Å². The predicted octanol–water partition coefficient (Wildman–Crippen LogP) is 4.34. The van der Waals surface area contributed by atoms with Crippen molar-refractivity contribution in [3.8, 4) is 5.75 Å². The molecule has 0 aliphatic heterocycles. The summed E-state index contributed by atoms with van der Waals surface area (Å²) < 4.78 is 19.0. The molecule has 0 saturated carbocycles. The predicted molar refractivity (Wildman–Crippen MR) is 79.7 cm³/mol. The van der Waals surface area contributed by atoms with Crippen LogP contribution in [-0.2, 0) is 6.54 Å². The number of rotatable bonds is 5. The highest BCUT2D eigenvalue weighted by Gasteiger charge is 2.12. The van der Waals surface area contributed by atoms with E-state index < -0.39 is 0 Å². The van der Waals surface area contributed by atoms with Gasteiger partial charge in [-0.05, 0) is 25.1 Å². The molecule has 0 aromatic heterocycles. The summed E-state index contributed by atoms with van der Waals surface area (Å²) in [6, 6.07) is 12.5. The topological polar surface area (TPSA) is 21.3 Å². The van der Waals surface area contributed by atoms with Gasteiger partial charge < -0.3 is 10.1 Å². The van der Waals surface area contributed by atoms with E-state index in [1.54, 1.807) is 19.2 Å². The first-order valence-corrected chi connectivity index (χ1v) is 6.80. The number of hydrogen-bond acceptors (Lipinski definition) is 2. The van der Waals surface area contributed by atoms with Crippen LogP contribution in [0.15, 0.2) is 42.5 Å². The van der Waals surface area contributed by atoms with Crippen molar-refractivity contribution in [1.29, 1.82) is 0 Å². The minimum Gasteiger partial charge on any atom is -0.496 e. The van der Waals surface area contributed by atoms with Crippen molar-refractivity contribution in [2.45, 2.75) is 19.5 Å². The van der Waals surface area contributed by atoms with Gasteiger partial charge in [0.1, 0.15) is 11.6 Å². The molecule has 0 spiro atoms. The highest BCUT2D eigenvalue weighted by atomic mass is 35.5. The van der Waals surface area contributed by atoms with Crippen molar-refractivity contribution in [3.05, 3.63) is 64.4 Å². The van der Waals surface area contributed by atoms with E-state index in [2.05, 4.69) is 5.32 Å². The Balaban J connectivity index is 2.11. The van der Waals surface area contributed by atoms with Crippen molar-refractivity contribution in [2.75, 3.05) is 7.11 Å². The number of para-hydroxylation sites is 1. The lowest BCUT2D eigenvalue weighted by Gasteiger charge is -2.18. The molecule has 0 radical (unpaired) electrons. The first kappa shape index (κ1) is 14.8. The zero-order valence-electron chi connectivity index (χ0n) is 11.5. The van der Waals surface area contributed by atoms with Crippen LogP contribution in [0.3, 0.4) is 0 Å². The SMILES string of the molecule is COc1ccccc1C(C)NCc1c(F)cccc1Cl. The zero-order chi connectivity index (χ0) is 14.5. The summed E-state index contributed by atoms with van der Waals surface area (Å²) in [6.45, 7) is 2.37. The maximum atomic E-state index is 13.7. The molecule has 0 saturated heterocycles. The van der Waals surface area contributed by atoms with E-state index in [-0.39, 0.29) is 11.9 Å². The van der Waals surface area contributed by atoms with E-state index in [0.717, 1.165) is 11.3 Å². The minimum atomic E-state index is -0.294.